The predicted octanol–water partition coefficient (Wildman–Crippen LogP) is 6.94. The summed E-state index contributed by atoms with van der Waals surface area (Å²) in [5.41, 5.74) is 1.43. The summed E-state index contributed by atoms with van der Waals surface area (Å²) in [6.07, 6.45) is 4.89. The summed E-state index contributed by atoms with van der Waals surface area (Å²) in [7, 11) is 0. The van der Waals surface area contributed by atoms with Gasteiger partial charge in [-0.05, 0) is 48.1 Å². The molecule has 1 aromatic heterocycles. The first-order valence-electron chi connectivity index (χ1n) is 11.9. The Morgan fingerprint density at radius 3 is 2.46 bits per heavy atom. The zero-order valence-electron chi connectivity index (χ0n) is 19.5. The first kappa shape index (κ1) is 25.2. The van der Waals surface area contributed by atoms with E-state index in [0.717, 1.165) is 42.5 Å². The second kappa shape index (κ2) is 12.2. The third-order valence-corrected chi connectivity index (χ3v) is 7.40. The van der Waals surface area contributed by atoms with Crippen molar-refractivity contribution in [3.63, 3.8) is 0 Å². The predicted molar refractivity (Wildman–Crippen MR) is 139 cm³/mol. The molecule has 0 spiro atoms. The molecule has 184 valence electrons. The zero-order chi connectivity index (χ0) is 24.6. The molecule has 35 heavy (non-hydrogen) atoms. The number of urea groups is 1. The van der Waals surface area contributed by atoms with E-state index in [4.69, 9.17) is 11.6 Å². The van der Waals surface area contributed by atoms with Gasteiger partial charge in [0, 0.05) is 23.2 Å². The lowest BCUT2D eigenvalue weighted by molar-refractivity contribution is -0.133. The first-order valence-corrected chi connectivity index (χ1v) is 13.1. The number of nitrogens with zero attached hydrogens (tertiary/aromatic N) is 2. The molecular formula is C27H29ClFN3O2S. The highest BCUT2D eigenvalue weighted by atomic mass is 35.5. The van der Waals surface area contributed by atoms with Crippen LogP contribution < -0.4 is 5.32 Å². The van der Waals surface area contributed by atoms with Gasteiger partial charge >= 0.3 is 6.03 Å². The van der Waals surface area contributed by atoms with E-state index >= 15 is 0 Å². The molecule has 0 aliphatic heterocycles. The van der Waals surface area contributed by atoms with Crippen LogP contribution in [0.4, 0.5) is 14.9 Å². The van der Waals surface area contributed by atoms with Gasteiger partial charge in [0.05, 0.1) is 11.6 Å². The maximum atomic E-state index is 13.6. The number of rotatable bonds is 8. The highest BCUT2D eigenvalue weighted by Gasteiger charge is 2.29. The second-order valence-corrected chi connectivity index (χ2v) is 10.2. The molecule has 0 atom stereocenters. The number of thiophene rings is 1. The third kappa shape index (κ3) is 7.05. The minimum absolute atomic E-state index is 0.0241. The molecule has 0 radical (unpaired) electrons. The maximum Gasteiger partial charge on any atom is 0.322 e. The van der Waals surface area contributed by atoms with Crippen molar-refractivity contribution in [3.05, 3.63) is 87.3 Å². The van der Waals surface area contributed by atoms with Crippen molar-refractivity contribution >= 4 is 40.6 Å². The number of nitrogens with one attached hydrogen (secondary N) is 1. The monoisotopic (exact) mass is 513 g/mol. The van der Waals surface area contributed by atoms with Crippen molar-refractivity contribution in [1.82, 2.24) is 9.80 Å². The van der Waals surface area contributed by atoms with Crippen molar-refractivity contribution in [2.45, 2.75) is 51.2 Å². The van der Waals surface area contributed by atoms with Crippen molar-refractivity contribution in [2.75, 3.05) is 11.9 Å². The lowest BCUT2D eigenvalue weighted by atomic mass is 9.94. The fourth-order valence-corrected chi connectivity index (χ4v) is 5.30. The van der Waals surface area contributed by atoms with Crippen molar-refractivity contribution in [1.29, 1.82) is 0 Å². The summed E-state index contributed by atoms with van der Waals surface area (Å²) in [5, 5.41) is 4.75. The summed E-state index contributed by atoms with van der Waals surface area (Å²) in [4.78, 5) is 31.5. The van der Waals surface area contributed by atoms with Crippen molar-refractivity contribution in [3.8, 4) is 0 Å². The number of anilines is 1. The fourth-order valence-electron chi connectivity index (χ4n) is 4.40. The molecular weight excluding hydrogens is 485 g/mol. The van der Waals surface area contributed by atoms with E-state index in [2.05, 4.69) is 5.32 Å². The maximum absolute atomic E-state index is 13.6. The average molecular weight is 514 g/mol. The fraction of sp³-hybridized carbons (Fsp3) is 0.333. The van der Waals surface area contributed by atoms with Gasteiger partial charge in [-0.1, -0.05) is 67.3 Å². The van der Waals surface area contributed by atoms with Gasteiger partial charge in [0.2, 0.25) is 5.91 Å². The number of halogens is 2. The molecule has 1 fully saturated rings. The summed E-state index contributed by atoms with van der Waals surface area (Å²) in [6, 6.07) is 17.5. The molecule has 1 aliphatic rings. The van der Waals surface area contributed by atoms with Gasteiger partial charge in [0.25, 0.3) is 0 Å². The summed E-state index contributed by atoms with van der Waals surface area (Å²) < 4.78 is 13.6. The van der Waals surface area contributed by atoms with E-state index in [0.29, 0.717) is 18.8 Å². The molecule has 0 unspecified atom stereocenters. The van der Waals surface area contributed by atoms with Gasteiger partial charge in [-0.2, -0.15) is 0 Å². The van der Waals surface area contributed by atoms with E-state index in [-0.39, 0.29) is 29.5 Å². The molecule has 5 nitrogen and oxygen atoms in total. The second-order valence-electron chi connectivity index (χ2n) is 8.79. The van der Waals surface area contributed by atoms with Gasteiger partial charge < -0.3 is 15.1 Å². The van der Waals surface area contributed by atoms with E-state index in [1.165, 1.54) is 18.2 Å². The Morgan fingerprint density at radius 2 is 1.77 bits per heavy atom. The SMILES string of the molecule is O=C(CN(C(=O)Nc1ccc(F)c(Cl)c1)C1CCCCC1)N(Cc1ccccc1)Cc1cccs1. The normalized spacial score (nSPS) is 13.9. The van der Waals surface area contributed by atoms with Gasteiger partial charge in [-0.15, -0.1) is 11.3 Å². The van der Waals surface area contributed by atoms with Gasteiger partial charge in [0.15, 0.2) is 0 Å². The number of hydrogen-bond donors (Lipinski definition) is 1. The van der Waals surface area contributed by atoms with Crippen LogP contribution in [0.1, 0.15) is 42.5 Å². The molecule has 4 rings (SSSR count). The Bertz CT molecular complexity index is 1120. The van der Waals surface area contributed by atoms with E-state index in [1.54, 1.807) is 21.1 Å². The van der Waals surface area contributed by atoms with Crippen LogP contribution in [0.15, 0.2) is 66.0 Å². The van der Waals surface area contributed by atoms with Crippen LogP contribution in [0.3, 0.4) is 0 Å². The highest BCUT2D eigenvalue weighted by molar-refractivity contribution is 7.09. The Kier molecular flexibility index (Phi) is 8.77. The topological polar surface area (TPSA) is 52.7 Å². The van der Waals surface area contributed by atoms with Crippen LogP contribution in [0.25, 0.3) is 0 Å². The number of amides is 3. The van der Waals surface area contributed by atoms with Crippen LogP contribution >= 0.6 is 22.9 Å². The number of carbonyl (C=O) groups excluding carboxylic acids is 2. The minimum Gasteiger partial charge on any atom is -0.332 e. The molecule has 1 aliphatic carbocycles. The summed E-state index contributed by atoms with van der Waals surface area (Å²) >= 11 is 7.50. The molecule has 2 aromatic carbocycles. The van der Waals surface area contributed by atoms with Crippen LogP contribution in [-0.2, 0) is 17.9 Å². The highest BCUT2D eigenvalue weighted by Crippen LogP contribution is 2.25. The Morgan fingerprint density at radius 1 is 1.00 bits per heavy atom. The number of hydrogen-bond acceptors (Lipinski definition) is 3. The van der Waals surface area contributed by atoms with Crippen LogP contribution in [0.5, 0.6) is 0 Å². The van der Waals surface area contributed by atoms with Crippen LogP contribution in [-0.4, -0.2) is 34.3 Å². The largest absolute Gasteiger partial charge is 0.332 e. The lowest BCUT2D eigenvalue weighted by Crippen LogP contribution is -2.49. The summed E-state index contributed by atoms with van der Waals surface area (Å²) in [6.45, 7) is 0.925. The molecule has 0 saturated heterocycles. The smallest absolute Gasteiger partial charge is 0.322 e. The standard InChI is InChI=1S/C27H29ClFN3O2S/c28-24-16-21(13-14-25(24)29)30-27(34)32(22-10-5-2-6-11-22)19-26(33)31(18-23-12-7-15-35-23)17-20-8-3-1-4-9-20/h1,3-4,7-9,12-16,22H,2,5-6,10-11,17-19H2,(H,30,34). The zero-order valence-corrected chi connectivity index (χ0v) is 21.0. The van der Waals surface area contributed by atoms with Crippen molar-refractivity contribution < 1.29 is 14.0 Å². The quantitative estimate of drug-likeness (QED) is 0.355. The Labute approximate surface area is 214 Å². The van der Waals surface area contributed by atoms with Crippen LogP contribution in [0.2, 0.25) is 5.02 Å². The van der Waals surface area contributed by atoms with Crippen molar-refractivity contribution in [2.24, 2.45) is 0 Å². The van der Waals surface area contributed by atoms with Gasteiger partial charge in [0.1, 0.15) is 12.4 Å². The molecule has 1 N–H and O–H groups in total. The van der Waals surface area contributed by atoms with Crippen LogP contribution in [0, 0.1) is 5.82 Å². The number of benzene rings is 2. The molecule has 1 heterocycles. The first-order chi connectivity index (χ1) is 17.0. The molecule has 3 aromatic rings. The minimum atomic E-state index is -0.547. The molecule has 0 bridgehead atoms. The Hall–Kier alpha value is -2.90. The van der Waals surface area contributed by atoms with Gasteiger partial charge in [-0.25, -0.2) is 9.18 Å². The molecule has 3 amide bonds. The molecule has 1 saturated carbocycles. The molecule has 8 heteroatoms. The van der Waals surface area contributed by atoms with E-state index in [9.17, 15) is 14.0 Å². The van der Waals surface area contributed by atoms with Gasteiger partial charge in [-0.3, -0.25) is 4.79 Å². The lowest BCUT2D eigenvalue weighted by Gasteiger charge is -2.35. The van der Waals surface area contributed by atoms with E-state index in [1.807, 2.05) is 47.8 Å². The average Bonchev–Trinajstić information content (AvgIpc) is 3.38. The summed E-state index contributed by atoms with van der Waals surface area (Å²) in [5.74, 6) is -0.658. The Balaban J connectivity index is 1.53. The number of carbonyl (C=O) groups is 2. The third-order valence-electron chi connectivity index (χ3n) is 6.25. The van der Waals surface area contributed by atoms with E-state index < -0.39 is 5.82 Å².